The summed E-state index contributed by atoms with van der Waals surface area (Å²) in [5, 5.41) is 0. The predicted octanol–water partition coefficient (Wildman–Crippen LogP) is 4.05. The smallest absolute Gasteiger partial charge is 0.217 e. The summed E-state index contributed by atoms with van der Waals surface area (Å²) in [5.74, 6) is 0.461. The van der Waals surface area contributed by atoms with Crippen molar-refractivity contribution in [2.24, 2.45) is 17.4 Å². The van der Waals surface area contributed by atoms with Gasteiger partial charge < -0.3 is 11.5 Å². The summed E-state index contributed by atoms with van der Waals surface area (Å²) in [6, 6.07) is 0. The van der Waals surface area contributed by atoms with Crippen molar-refractivity contribution in [2.45, 2.75) is 96.8 Å². The molecule has 4 heteroatoms. The van der Waals surface area contributed by atoms with Crippen LogP contribution in [0.1, 0.15) is 96.8 Å². The fourth-order valence-corrected chi connectivity index (χ4v) is 2.79. The van der Waals surface area contributed by atoms with Crippen molar-refractivity contribution < 1.29 is 9.59 Å². The van der Waals surface area contributed by atoms with Gasteiger partial charge in [0.05, 0.1) is 0 Å². The van der Waals surface area contributed by atoms with Crippen LogP contribution in [0, 0.1) is 5.92 Å². The lowest BCUT2D eigenvalue weighted by molar-refractivity contribution is -0.119. The molecule has 0 aromatic heterocycles. The number of primary amides is 2. The van der Waals surface area contributed by atoms with Crippen molar-refractivity contribution in [3.63, 3.8) is 0 Å². The molecule has 0 saturated heterocycles. The normalized spacial score (nSPS) is 11.0. The van der Waals surface area contributed by atoms with Gasteiger partial charge in [-0.25, -0.2) is 0 Å². The summed E-state index contributed by atoms with van der Waals surface area (Å²) in [5.41, 5.74) is 10.2. The Bertz CT molecular complexity index is 265. The van der Waals surface area contributed by atoms with Crippen LogP contribution < -0.4 is 11.5 Å². The van der Waals surface area contributed by atoms with Crippen molar-refractivity contribution >= 4 is 11.8 Å². The molecule has 22 heavy (non-hydrogen) atoms. The number of hydrogen-bond donors (Lipinski definition) is 2. The maximum atomic E-state index is 10.6. The van der Waals surface area contributed by atoms with Crippen LogP contribution in [0.3, 0.4) is 0 Å². The van der Waals surface area contributed by atoms with Crippen molar-refractivity contribution in [1.29, 1.82) is 0 Å². The van der Waals surface area contributed by atoms with Crippen LogP contribution in [-0.2, 0) is 9.59 Å². The van der Waals surface area contributed by atoms with Crippen LogP contribution >= 0.6 is 0 Å². The highest BCUT2D eigenvalue weighted by Gasteiger charge is 2.02. The first-order chi connectivity index (χ1) is 10.5. The minimum atomic E-state index is -0.178. The second kappa shape index (κ2) is 14.9. The molecule has 0 aliphatic heterocycles. The minimum absolute atomic E-state index is 0.178. The number of unbranched alkanes of at least 4 members (excludes halogenated alkanes) is 8. The second-order valence-electron chi connectivity index (χ2n) is 6.65. The molecule has 0 unspecified atom stereocenters. The molecule has 0 aromatic rings. The largest absolute Gasteiger partial charge is 0.370 e. The van der Waals surface area contributed by atoms with E-state index in [1.165, 1.54) is 51.4 Å². The molecule has 4 nitrogen and oxygen atoms in total. The van der Waals surface area contributed by atoms with Crippen LogP contribution in [0.5, 0.6) is 0 Å². The summed E-state index contributed by atoms with van der Waals surface area (Å²) in [4.78, 5) is 21.2. The first-order valence-electron chi connectivity index (χ1n) is 9.09. The van der Waals surface area contributed by atoms with Crippen LogP contribution in [-0.4, -0.2) is 11.8 Å². The number of nitrogens with two attached hydrogens (primary N) is 2. The highest BCUT2D eigenvalue weighted by molar-refractivity contribution is 5.73. The molecule has 0 fully saturated rings. The first kappa shape index (κ1) is 20.9. The topological polar surface area (TPSA) is 86.2 Å². The quantitative estimate of drug-likeness (QED) is 0.421. The van der Waals surface area contributed by atoms with Crippen molar-refractivity contribution in [3.8, 4) is 0 Å². The Morgan fingerprint density at radius 1 is 0.636 bits per heavy atom. The van der Waals surface area contributed by atoms with Crippen LogP contribution in [0.25, 0.3) is 0 Å². The van der Waals surface area contributed by atoms with E-state index in [1.54, 1.807) is 0 Å². The molecule has 0 radical (unpaired) electrons. The number of carbonyl (C=O) groups is 2. The summed E-state index contributed by atoms with van der Waals surface area (Å²) < 4.78 is 0. The van der Waals surface area contributed by atoms with E-state index in [0.29, 0.717) is 12.8 Å². The standard InChI is InChI=1S/C18H36N2O2/c1-16(12-8-4-2-6-10-14-17(19)21)13-9-5-3-7-11-15-18(20)22/h16H,2-15H2,1H3,(H2,19,21)(H2,20,22). The third kappa shape index (κ3) is 17.0. The Morgan fingerprint density at radius 3 is 1.32 bits per heavy atom. The molecular formula is C18H36N2O2. The second-order valence-corrected chi connectivity index (χ2v) is 6.65. The highest BCUT2D eigenvalue weighted by Crippen LogP contribution is 2.18. The molecule has 2 amide bonds. The van der Waals surface area contributed by atoms with E-state index < -0.39 is 0 Å². The van der Waals surface area contributed by atoms with Crippen LogP contribution in [0.4, 0.5) is 0 Å². The Kier molecular flexibility index (Phi) is 14.1. The Labute approximate surface area is 136 Å². The fourth-order valence-electron chi connectivity index (χ4n) is 2.79. The van der Waals surface area contributed by atoms with Gasteiger partial charge in [-0.2, -0.15) is 0 Å². The fraction of sp³-hybridized carbons (Fsp3) is 0.889. The van der Waals surface area contributed by atoms with Gasteiger partial charge in [0.2, 0.25) is 11.8 Å². The van der Waals surface area contributed by atoms with E-state index in [4.69, 9.17) is 11.5 Å². The van der Waals surface area contributed by atoms with Crippen molar-refractivity contribution in [3.05, 3.63) is 0 Å². The molecule has 0 atom stereocenters. The lowest BCUT2D eigenvalue weighted by atomic mass is 9.96. The molecule has 0 heterocycles. The lowest BCUT2D eigenvalue weighted by Gasteiger charge is -2.11. The molecule has 0 aliphatic rings. The third-order valence-corrected chi connectivity index (χ3v) is 4.24. The molecule has 130 valence electrons. The first-order valence-corrected chi connectivity index (χ1v) is 9.09. The maximum absolute atomic E-state index is 10.6. The number of carbonyl (C=O) groups excluding carboxylic acids is 2. The zero-order valence-corrected chi connectivity index (χ0v) is 14.4. The molecule has 0 aromatic carbocycles. The summed E-state index contributed by atoms with van der Waals surface area (Å²) >= 11 is 0. The van der Waals surface area contributed by atoms with Crippen LogP contribution in [0.15, 0.2) is 0 Å². The van der Waals surface area contributed by atoms with E-state index in [2.05, 4.69) is 6.92 Å². The molecule has 4 N–H and O–H groups in total. The molecular weight excluding hydrogens is 276 g/mol. The molecule has 0 bridgehead atoms. The van der Waals surface area contributed by atoms with Gasteiger partial charge in [0.1, 0.15) is 0 Å². The van der Waals surface area contributed by atoms with Gasteiger partial charge in [0, 0.05) is 12.8 Å². The van der Waals surface area contributed by atoms with Crippen molar-refractivity contribution in [2.75, 3.05) is 0 Å². The van der Waals surface area contributed by atoms with E-state index in [1.807, 2.05) is 0 Å². The number of hydrogen-bond acceptors (Lipinski definition) is 2. The summed E-state index contributed by atoms with van der Waals surface area (Å²) in [7, 11) is 0. The Balaban J connectivity index is 3.21. The third-order valence-electron chi connectivity index (χ3n) is 4.24. The highest BCUT2D eigenvalue weighted by atomic mass is 16.1. The predicted molar refractivity (Wildman–Crippen MR) is 92.2 cm³/mol. The summed E-state index contributed by atoms with van der Waals surface area (Å²) in [6.45, 7) is 2.35. The average molecular weight is 312 g/mol. The zero-order valence-electron chi connectivity index (χ0n) is 14.4. The Hall–Kier alpha value is -1.06. The van der Waals surface area contributed by atoms with Gasteiger partial charge >= 0.3 is 0 Å². The molecule has 0 spiro atoms. The van der Waals surface area contributed by atoms with Crippen LogP contribution in [0.2, 0.25) is 0 Å². The lowest BCUT2D eigenvalue weighted by Crippen LogP contribution is -2.09. The van der Waals surface area contributed by atoms with Gasteiger partial charge in [0.15, 0.2) is 0 Å². The molecule has 0 aliphatic carbocycles. The minimum Gasteiger partial charge on any atom is -0.370 e. The summed E-state index contributed by atoms with van der Waals surface area (Å²) in [6.07, 6.45) is 15.5. The molecule has 0 rings (SSSR count). The number of rotatable bonds is 16. The van der Waals surface area contributed by atoms with Gasteiger partial charge in [-0.15, -0.1) is 0 Å². The van der Waals surface area contributed by atoms with Crippen molar-refractivity contribution in [1.82, 2.24) is 0 Å². The Morgan fingerprint density at radius 2 is 0.955 bits per heavy atom. The van der Waals surface area contributed by atoms with E-state index in [0.717, 1.165) is 31.6 Å². The average Bonchev–Trinajstić information content (AvgIpc) is 2.44. The van der Waals surface area contributed by atoms with E-state index in [9.17, 15) is 9.59 Å². The van der Waals surface area contributed by atoms with Gasteiger partial charge in [-0.05, 0) is 18.8 Å². The monoisotopic (exact) mass is 312 g/mol. The van der Waals surface area contributed by atoms with Gasteiger partial charge in [0.25, 0.3) is 0 Å². The molecule has 0 saturated carbocycles. The maximum Gasteiger partial charge on any atom is 0.217 e. The van der Waals surface area contributed by atoms with E-state index in [-0.39, 0.29) is 11.8 Å². The SMILES string of the molecule is CC(CCCCCCCC(N)=O)CCCCCCCC(N)=O. The van der Waals surface area contributed by atoms with Gasteiger partial charge in [-0.3, -0.25) is 9.59 Å². The zero-order chi connectivity index (χ0) is 16.6. The number of amides is 2. The van der Waals surface area contributed by atoms with Gasteiger partial charge in [-0.1, -0.05) is 71.1 Å². The van der Waals surface area contributed by atoms with E-state index >= 15 is 0 Å².